The van der Waals surface area contributed by atoms with Gasteiger partial charge in [0, 0.05) is 11.8 Å². The lowest BCUT2D eigenvalue weighted by atomic mass is 9.66. The summed E-state index contributed by atoms with van der Waals surface area (Å²) in [6.45, 7) is 10.7. The molecule has 1 fully saturated rings. The Morgan fingerprint density at radius 2 is 2.20 bits per heavy atom. The Kier molecular flexibility index (Phi) is 3.90. The van der Waals surface area contributed by atoms with Crippen molar-refractivity contribution in [2.24, 2.45) is 17.3 Å². The van der Waals surface area contributed by atoms with Crippen LogP contribution in [-0.4, -0.2) is 6.29 Å². The summed E-state index contributed by atoms with van der Waals surface area (Å²) in [4.78, 5) is 10.5. The van der Waals surface area contributed by atoms with Crippen LogP contribution in [-0.2, 0) is 4.79 Å². The average molecular weight is 206 g/mol. The van der Waals surface area contributed by atoms with Crippen LogP contribution in [0.1, 0.15) is 40.0 Å². The average Bonchev–Trinajstić information content (AvgIpc) is 2.15. The number of carbonyl (C=O) groups excluding carboxylic acids is 1. The molecule has 0 saturated heterocycles. The number of hydrogen-bond donors (Lipinski definition) is 0. The van der Waals surface area contributed by atoms with Gasteiger partial charge in [-0.2, -0.15) is 0 Å². The maximum Gasteiger partial charge on any atom is 0.126 e. The van der Waals surface area contributed by atoms with Crippen molar-refractivity contribution in [3.63, 3.8) is 0 Å². The minimum absolute atomic E-state index is 0.0236. The lowest BCUT2D eigenvalue weighted by Crippen LogP contribution is -2.28. The van der Waals surface area contributed by atoms with Crippen molar-refractivity contribution in [2.45, 2.75) is 40.0 Å². The van der Waals surface area contributed by atoms with Gasteiger partial charge in [0.1, 0.15) is 6.29 Å². The summed E-state index contributed by atoms with van der Waals surface area (Å²) >= 11 is 0. The van der Waals surface area contributed by atoms with E-state index in [-0.39, 0.29) is 5.92 Å². The van der Waals surface area contributed by atoms with Gasteiger partial charge < -0.3 is 4.79 Å². The van der Waals surface area contributed by atoms with Gasteiger partial charge in [-0.25, -0.2) is 0 Å². The second kappa shape index (κ2) is 4.78. The molecule has 2 atom stereocenters. The van der Waals surface area contributed by atoms with Gasteiger partial charge in [-0.05, 0) is 24.7 Å². The molecule has 1 aliphatic carbocycles. The molecule has 0 heterocycles. The van der Waals surface area contributed by atoms with Crippen LogP contribution in [0.15, 0.2) is 24.3 Å². The minimum Gasteiger partial charge on any atom is -0.303 e. The number of rotatable bonds is 3. The van der Waals surface area contributed by atoms with Crippen molar-refractivity contribution in [1.82, 2.24) is 0 Å². The van der Waals surface area contributed by atoms with Crippen LogP contribution >= 0.6 is 0 Å². The maximum absolute atomic E-state index is 10.5. The molecule has 1 nitrogen and oxygen atoms in total. The lowest BCUT2D eigenvalue weighted by molar-refractivity contribution is -0.109. The largest absolute Gasteiger partial charge is 0.303 e. The van der Waals surface area contributed by atoms with Crippen LogP contribution in [0, 0.1) is 17.3 Å². The third kappa shape index (κ3) is 3.05. The molecule has 0 aliphatic heterocycles. The molecule has 1 saturated carbocycles. The van der Waals surface area contributed by atoms with Crippen molar-refractivity contribution in [2.75, 3.05) is 0 Å². The zero-order chi connectivity index (χ0) is 11.5. The Morgan fingerprint density at radius 3 is 2.73 bits per heavy atom. The van der Waals surface area contributed by atoms with Gasteiger partial charge in [0.2, 0.25) is 0 Å². The van der Waals surface area contributed by atoms with E-state index in [1.807, 2.05) is 13.0 Å². The number of aldehydes is 1. The summed E-state index contributed by atoms with van der Waals surface area (Å²) < 4.78 is 0. The van der Waals surface area contributed by atoms with Gasteiger partial charge in [-0.3, -0.25) is 0 Å². The molecule has 0 amide bonds. The highest BCUT2D eigenvalue weighted by Crippen LogP contribution is 2.43. The third-order valence-electron chi connectivity index (χ3n) is 3.42. The van der Waals surface area contributed by atoms with E-state index in [9.17, 15) is 4.79 Å². The maximum atomic E-state index is 10.5. The second-order valence-corrected chi connectivity index (χ2v) is 5.36. The molecular weight excluding hydrogens is 184 g/mol. The van der Waals surface area contributed by atoms with Crippen molar-refractivity contribution in [1.29, 1.82) is 0 Å². The normalized spacial score (nSPS) is 27.9. The number of carbonyl (C=O) groups is 1. The molecule has 0 spiro atoms. The molecule has 0 bridgehead atoms. The highest BCUT2D eigenvalue weighted by Gasteiger charge is 2.32. The monoisotopic (exact) mass is 206 g/mol. The molecule has 84 valence electrons. The van der Waals surface area contributed by atoms with Gasteiger partial charge in [0.15, 0.2) is 0 Å². The lowest BCUT2D eigenvalue weighted by Gasteiger charge is -2.38. The first-order valence-corrected chi connectivity index (χ1v) is 5.78. The molecule has 0 aromatic heterocycles. The van der Waals surface area contributed by atoms with E-state index in [4.69, 9.17) is 0 Å². The Labute approximate surface area is 93.3 Å². The Bertz CT molecular complexity index is 273. The summed E-state index contributed by atoms with van der Waals surface area (Å²) in [6.07, 6.45) is 8.80. The van der Waals surface area contributed by atoms with E-state index in [0.29, 0.717) is 11.3 Å². The van der Waals surface area contributed by atoms with E-state index in [1.165, 1.54) is 18.4 Å². The predicted molar refractivity (Wildman–Crippen MR) is 64.6 cm³/mol. The summed E-state index contributed by atoms with van der Waals surface area (Å²) in [5.74, 6) is 0.462. The first-order valence-electron chi connectivity index (χ1n) is 5.78. The van der Waals surface area contributed by atoms with Crippen LogP contribution in [0.4, 0.5) is 0 Å². The van der Waals surface area contributed by atoms with E-state index in [1.54, 1.807) is 0 Å². The summed E-state index contributed by atoms with van der Waals surface area (Å²) in [5, 5.41) is 0. The topological polar surface area (TPSA) is 17.1 Å². The van der Waals surface area contributed by atoms with E-state index >= 15 is 0 Å². The van der Waals surface area contributed by atoms with Crippen molar-refractivity contribution >= 4 is 6.29 Å². The Hall–Kier alpha value is -0.850. The fourth-order valence-electron chi connectivity index (χ4n) is 2.36. The summed E-state index contributed by atoms with van der Waals surface area (Å²) in [5.41, 5.74) is 1.62. The molecule has 0 aromatic carbocycles. The van der Waals surface area contributed by atoms with Crippen LogP contribution in [0.5, 0.6) is 0 Å². The van der Waals surface area contributed by atoms with Crippen molar-refractivity contribution < 1.29 is 4.79 Å². The predicted octanol–water partition coefficient (Wildman–Crippen LogP) is 3.76. The quantitative estimate of drug-likeness (QED) is 0.507. The summed E-state index contributed by atoms with van der Waals surface area (Å²) in [7, 11) is 0. The van der Waals surface area contributed by atoms with E-state index in [0.717, 1.165) is 12.7 Å². The van der Waals surface area contributed by atoms with Crippen molar-refractivity contribution in [3.8, 4) is 0 Å². The van der Waals surface area contributed by atoms with Crippen LogP contribution < -0.4 is 0 Å². The number of hydrogen-bond acceptors (Lipinski definition) is 1. The molecular formula is C14H22O. The second-order valence-electron chi connectivity index (χ2n) is 5.36. The van der Waals surface area contributed by atoms with Crippen LogP contribution in [0.2, 0.25) is 0 Å². The molecule has 1 aliphatic rings. The van der Waals surface area contributed by atoms with E-state index in [2.05, 4.69) is 26.5 Å². The molecule has 1 heteroatoms. The standard InChI is InChI=1S/C14H22O/c1-11(10-15)7-8-13-12(2)6-5-9-14(13,3)4/h7-8,10-11,13H,2,5-6,9H2,1,3-4H3. The van der Waals surface area contributed by atoms with Gasteiger partial charge >= 0.3 is 0 Å². The smallest absolute Gasteiger partial charge is 0.126 e. The van der Waals surface area contributed by atoms with Crippen LogP contribution in [0.3, 0.4) is 0 Å². The highest BCUT2D eigenvalue weighted by molar-refractivity contribution is 5.55. The fraction of sp³-hybridized carbons (Fsp3) is 0.643. The zero-order valence-electron chi connectivity index (χ0n) is 10.1. The SMILES string of the molecule is C=C1CCCC(C)(C)C1C=CC(C)C=O. The molecule has 0 radical (unpaired) electrons. The first kappa shape index (κ1) is 12.2. The van der Waals surface area contributed by atoms with Gasteiger partial charge in [0.05, 0.1) is 0 Å². The Morgan fingerprint density at radius 1 is 1.53 bits per heavy atom. The zero-order valence-corrected chi connectivity index (χ0v) is 10.1. The van der Waals surface area contributed by atoms with E-state index < -0.39 is 0 Å². The fourth-order valence-corrected chi connectivity index (χ4v) is 2.36. The molecule has 0 aromatic rings. The highest BCUT2D eigenvalue weighted by atomic mass is 16.1. The Balaban J connectivity index is 2.75. The molecule has 15 heavy (non-hydrogen) atoms. The molecule has 2 unspecified atom stereocenters. The van der Waals surface area contributed by atoms with Crippen LogP contribution in [0.25, 0.3) is 0 Å². The third-order valence-corrected chi connectivity index (χ3v) is 3.42. The minimum atomic E-state index is 0.0236. The first-order chi connectivity index (χ1) is 6.97. The number of allylic oxidation sites excluding steroid dienone is 3. The van der Waals surface area contributed by atoms with Gasteiger partial charge in [-0.1, -0.05) is 45.1 Å². The molecule has 0 N–H and O–H groups in total. The summed E-state index contributed by atoms with van der Waals surface area (Å²) in [6, 6.07) is 0. The van der Waals surface area contributed by atoms with Crippen molar-refractivity contribution in [3.05, 3.63) is 24.3 Å². The van der Waals surface area contributed by atoms with Gasteiger partial charge in [-0.15, -0.1) is 0 Å². The molecule has 1 rings (SSSR count). The van der Waals surface area contributed by atoms with Gasteiger partial charge in [0.25, 0.3) is 0 Å².